The topological polar surface area (TPSA) is 179 Å². The van der Waals surface area contributed by atoms with Gasteiger partial charge < -0.3 is 39.6 Å². The maximum absolute atomic E-state index is 14.6. The van der Waals surface area contributed by atoms with Crippen LogP contribution in [0.2, 0.25) is 5.02 Å². The third kappa shape index (κ3) is 7.24. The summed E-state index contributed by atoms with van der Waals surface area (Å²) in [7, 11) is 3.03. The predicted molar refractivity (Wildman–Crippen MR) is 200 cm³/mol. The van der Waals surface area contributed by atoms with E-state index in [1.807, 2.05) is 27.7 Å². The number of aliphatic carboxylic acids is 1. The minimum absolute atomic E-state index is 0.0307. The molecule has 3 saturated carbocycles. The van der Waals surface area contributed by atoms with Gasteiger partial charge in [0.2, 0.25) is 11.8 Å². The summed E-state index contributed by atoms with van der Waals surface area (Å²) in [5, 5.41) is 18.8. The van der Waals surface area contributed by atoms with Crippen LogP contribution < -0.4 is 24.8 Å². The lowest BCUT2D eigenvalue weighted by Crippen LogP contribution is -2.59. The smallest absolute Gasteiger partial charge is 0.408 e. The average molecular weight is 784 g/mol. The van der Waals surface area contributed by atoms with Gasteiger partial charge in [0.25, 0.3) is 5.19 Å². The molecule has 0 spiro atoms. The summed E-state index contributed by atoms with van der Waals surface area (Å²) < 4.78 is 23.2. The number of alkyl carbamates (subject to hydrolysis) is 1. The van der Waals surface area contributed by atoms with Crippen LogP contribution in [0.3, 0.4) is 0 Å². The van der Waals surface area contributed by atoms with Gasteiger partial charge in [0.05, 0.1) is 32.0 Å². The highest BCUT2D eigenvalue weighted by Crippen LogP contribution is 2.52. The van der Waals surface area contributed by atoms with Crippen molar-refractivity contribution in [1.29, 1.82) is 0 Å². The summed E-state index contributed by atoms with van der Waals surface area (Å²) in [5.74, 6) is -0.458. The molecule has 0 bridgehead atoms. The number of amides is 3. The number of thiazole rings is 1. The zero-order valence-electron chi connectivity index (χ0n) is 31.1. The van der Waals surface area contributed by atoms with Gasteiger partial charge in [-0.2, -0.15) is 0 Å². The van der Waals surface area contributed by atoms with Crippen LogP contribution in [0, 0.1) is 23.2 Å². The number of ether oxygens (including phenoxy) is 4. The number of pyridine rings is 1. The Kier molecular flexibility index (Phi) is 10.1. The summed E-state index contributed by atoms with van der Waals surface area (Å²) in [5.41, 5.74) is -0.815. The minimum atomic E-state index is -1.41. The third-order valence-corrected chi connectivity index (χ3v) is 12.5. The lowest BCUT2D eigenvalue weighted by molar-refractivity contribution is -0.146. The summed E-state index contributed by atoms with van der Waals surface area (Å²) in [6.07, 6.45) is 2.13. The summed E-state index contributed by atoms with van der Waals surface area (Å²) in [6.45, 7) is 7.32. The Balaban J connectivity index is 1.20. The van der Waals surface area contributed by atoms with Crippen LogP contribution in [0.1, 0.15) is 66.2 Å². The number of fused-ring (bicyclic) bond motifs is 2. The second-order valence-electron chi connectivity index (χ2n) is 15.9. The van der Waals surface area contributed by atoms with Crippen molar-refractivity contribution >= 4 is 57.7 Å². The maximum Gasteiger partial charge on any atom is 0.408 e. The first-order valence-corrected chi connectivity index (χ1v) is 19.6. The highest BCUT2D eigenvalue weighted by Gasteiger charge is 2.61. The van der Waals surface area contributed by atoms with Crippen LogP contribution in [-0.2, 0) is 19.1 Å². The molecule has 290 valence electrons. The summed E-state index contributed by atoms with van der Waals surface area (Å²) in [4.78, 5) is 65.0. The van der Waals surface area contributed by atoms with Crippen molar-refractivity contribution in [3.05, 3.63) is 28.6 Å². The Morgan fingerprint density at radius 1 is 1.04 bits per heavy atom. The van der Waals surface area contributed by atoms with Crippen LogP contribution in [-0.4, -0.2) is 94.4 Å². The normalized spacial score (nSPS) is 27.5. The van der Waals surface area contributed by atoms with E-state index in [0.29, 0.717) is 63.7 Å². The first-order valence-electron chi connectivity index (χ1n) is 18.3. The number of carbonyl (C=O) groups excluding carboxylic acids is 3. The zero-order chi connectivity index (χ0) is 38.7. The van der Waals surface area contributed by atoms with E-state index in [0.717, 1.165) is 12.8 Å². The largest absolute Gasteiger partial charge is 0.495 e. The van der Waals surface area contributed by atoms with E-state index >= 15 is 0 Å². The number of nitrogens with one attached hydrogen (secondary N) is 2. The number of benzene rings is 1. The van der Waals surface area contributed by atoms with Gasteiger partial charge in [0.1, 0.15) is 52.0 Å². The van der Waals surface area contributed by atoms with Crippen LogP contribution in [0.4, 0.5) is 4.79 Å². The number of carboxylic acid groups (broad SMARTS) is 1. The minimum Gasteiger partial charge on any atom is -0.495 e. The van der Waals surface area contributed by atoms with Crippen LogP contribution in [0.15, 0.2) is 23.6 Å². The van der Waals surface area contributed by atoms with Crippen molar-refractivity contribution in [1.82, 2.24) is 25.5 Å². The molecule has 1 saturated heterocycles. The van der Waals surface area contributed by atoms with Gasteiger partial charge in [-0.15, -0.1) is 0 Å². The van der Waals surface area contributed by atoms with Gasteiger partial charge in [0.15, 0.2) is 0 Å². The van der Waals surface area contributed by atoms with E-state index in [1.54, 1.807) is 23.6 Å². The number of carboxylic acids is 1. The summed E-state index contributed by atoms with van der Waals surface area (Å²) >= 11 is 8.06. The van der Waals surface area contributed by atoms with Crippen molar-refractivity contribution < 1.29 is 43.2 Å². The SMILES string of the molecule is CC[C@@H]1C[C@]1(NC(=O)[C@@H]1C[C@@H](Oc2cc(-c3csc(OC)n3)nc3c(Cl)c(OC)ccc23)CN1C(=O)[C@@H](NC(=O)O[C@@H]1C[C@@H]2C[C@@H]2C1)C(C)(C)C)C(=O)O. The molecule has 4 fully saturated rings. The number of rotatable bonds is 12. The quantitative estimate of drug-likeness (QED) is 0.206. The predicted octanol–water partition coefficient (Wildman–Crippen LogP) is 5.69. The molecule has 3 heterocycles. The van der Waals surface area contributed by atoms with Gasteiger partial charge in [-0.3, -0.25) is 9.59 Å². The van der Waals surface area contributed by atoms with E-state index in [1.165, 1.54) is 36.9 Å². The molecule has 0 unspecified atom stereocenters. The number of carbonyl (C=O) groups is 4. The third-order valence-electron chi connectivity index (χ3n) is 11.3. The van der Waals surface area contributed by atoms with Crippen LogP contribution in [0.5, 0.6) is 16.7 Å². The molecular formula is C38H46ClN5O9S. The molecule has 3 N–H and O–H groups in total. The number of aromatic nitrogens is 2. The Labute approximate surface area is 322 Å². The molecule has 1 aromatic carbocycles. The van der Waals surface area contributed by atoms with Crippen molar-refractivity contribution in [3.63, 3.8) is 0 Å². The van der Waals surface area contributed by atoms with Gasteiger partial charge >= 0.3 is 12.1 Å². The lowest BCUT2D eigenvalue weighted by Gasteiger charge is -2.35. The van der Waals surface area contributed by atoms with Crippen LogP contribution >= 0.6 is 22.9 Å². The van der Waals surface area contributed by atoms with Crippen LogP contribution in [0.25, 0.3) is 22.3 Å². The first kappa shape index (κ1) is 37.9. The van der Waals surface area contributed by atoms with Crippen molar-refractivity contribution in [2.24, 2.45) is 23.2 Å². The molecule has 2 aromatic heterocycles. The molecule has 7 rings (SSSR count). The van der Waals surface area contributed by atoms with E-state index in [9.17, 15) is 24.3 Å². The first-order chi connectivity index (χ1) is 25.6. The number of hydrogen-bond donors (Lipinski definition) is 3. The Morgan fingerprint density at radius 2 is 1.78 bits per heavy atom. The molecule has 1 aliphatic heterocycles. The number of nitrogens with zero attached hydrogens (tertiary/aromatic N) is 3. The van der Waals surface area contributed by atoms with Crippen molar-refractivity contribution in [2.45, 2.75) is 96.1 Å². The molecule has 0 radical (unpaired) electrons. The molecule has 3 aliphatic carbocycles. The Bertz CT molecular complexity index is 1980. The second-order valence-corrected chi connectivity index (χ2v) is 17.1. The zero-order valence-corrected chi connectivity index (χ0v) is 32.7. The molecule has 3 amide bonds. The molecule has 4 aliphatic rings. The molecule has 8 atom stereocenters. The fourth-order valence-corrected chi connectivity index (χ4v) is 9.00. The van der Waals surface area contributed by atoms with E-state index < -0.39 is 53.0 Å². The van der Waals surface area contributed by atoms with Gasteiger partial charge in [-0.25, -0.2) is 19.6 Å². The van der Waals surface area contributed by atoms with Crippen molar-refractivity contribution in [3.8, 4) is 28.1 Å². The Hall–Kier alpha value is -4.37. The highest BCUT2D eigenvalue weighted by atomic mass is 35.5. The molecule has 3 aromatic rings. The number of hydrogen-bond acceptors (Lipinski definition) is 11. The highest BCUT2D eigenvalue weighted by molar-refractivity contribution is 7.11. The Morgan fingerprint density at radius 3 is 2.39 bits per heavy atom. The summed E-state index contributed by atoms with van der Waals surface area (Å²) in [6, 6.07) is 3.03. The monoisotopic (exact) mass is 783 g/mol. The number of methoxy groups -OCH3 is 2. The van der Waals surface area contributed by atoms with E-state index in [2.05, 4.69) is 15.6 Å². The van der Waals surface area contributed by atoms with E-state index in [-0.39, 0.29) is 30.0 Å². The van der Waals surface area contributed by atoms with Gasteiger partial charge in [0, 0.05) is 23.3 Å². The van der Waals surface area contributed by atoms with Gasteiger partial charge in [-0.05, 0) is 61.0 Å². The molecule has 14 nitrogen and oxygen atoms in total. The molecule has 16 heteroatoms. The molecule has 54 heavy (non-hydrogen) atoms. The molecular weight excluding hydrogens is 738 g/mol. The fraction of sp³-hybridized carbons (Fsp3) is 0.579. The van der Waals surface area contributed by atoms with Gasteiger partial charge in [-0.1, -0.05) is 57.1 Å². The standard InChI is InChI=1S/C38H46ClN5O9S/c1-7-20-15-38(20,34(47)48)43-32(45)26-13-22(16-44(26)33(46)31(37(2,3)4)42-35(49)53-21-11-18-10-19(18)12-21)52-28-14-24(25-17-54-36(41-25)51-6)40-30-23(28)8-9-27(50-5)29(30)39/h8-9,14,17-22,26,31H,7,10-13,15-16H2,1-6H3,(H,42,49)(H,43,45)(H,47,48)/t18-,19+,20-,21+,22-,26+,31-,38-/m1/s1. The average Bonchev–Trinajstić information content (AvgIpc) is 3.78. The van der Waals surface area contributed by atoms with Crippen molar-refractivity contribution in [2.75, 3.05) is 20.8 Å². The lowest BCUT2D eigenvalue weighted by atomic mass is 9.85. The number of likely N-dealkylation sites (tertiary alicyclic amines) is 1. The second kappa shape index (κ2) is 14.4. The number of halogens is 1. The van der Waals surface area contributed by atoms with E-state index in [4.69, 9.17) is 35.5 Å². The maximum atomic E-state index is 14.6. The fourth-order valence-electron chi connectivity index (χ4n) is 8.09.